The molecule has 0 bridgehead atoms. The molecule has 2 aromatic carbocycles. The van der Waals surface area contributed by atoms with Crippen LogP contribution in [0.1, 0.15) is 12.5 Å². The molecule has 0 atom stereocenters. The normalized spacial score (nSPS) is 14.3. The van der Waals surface area contributed by atoms with Crippen molar-refractivity contribution in [2.45, 2.75) is 6.92 Å². The molecule has 3 amide bonds. The number of amides is 3. The number of nitrogens with zero attached hydrogens (tertiary/aromatic N) is 1. The number of esters is 1. The molecule has 9 nitrogen and oxygen atoms in total. The monoisotopic (exact) mass is 548 g/mol. The SMILES string of the molecule is CCOC(=O)COc1ccc(Br)cc1/C=C1/SC(=O)N(CC(=O)Nc2ccccc2OC)C1=O. The first kappa shape index (κ1) is 25.3. The Hall–Kier alpha value is -3.31. The smallest absolute Gasteiger partial charge is 0.344 e. The lowest BCUT2D eigenvalue weighted by atomic mass is 10.2. The van der Waals surface area contributed by atoms with Crippen LogP contribution in [-0.4, -0.2) is 54.8 Å². The Morgan fingerprint density at radius 3 is 2.65 bits per heavy atom. The first-order valence-corrected chi connectivity index (χ1v) is 11.7. The number of hydrogen-bond donors (Lipinski definition) is 1. The van der Waals surface area contributed by atoms with Gasteiger partial charge in [0.15, 0.2) is 6.61 Å². The van der Waals surface area contributed by atoms with Crippen molar-refractivity contribution in [2.24, 2.45) is 0 Å². The van der Waals surface area contributed by atoms with Crippen LogP contribution in [0.4, 0.5) is 10.5 Å². The molecule has 1 saturated heterocycles. The van der Waals surface area contributed by atoms with E-state index in [1.165, 1.54) is 13.2 Å². The van der Waals surface area contributed by atoms with E-state index in [1.807, 2.05) is 0 Å². The van der Waals surface area contributed by atoms with Crippen molar-refractivity contribution >= 4 is 62.5 Å². The number of methoxy groups -OCH3 is 1. The number of para-hydroxylation sites is 2. The summed E-state index contributed by atoms with van der Waals surface area (Å²) in [5.41, 5.74) is 0.901. The van der Waals surface area contributed by atoms with Gasteiger partial charge in [0, 0.05) is 10.0 Å². The van der Waals surface area contributed by atoms with Crippen molar-refractivity contribution in [3.05, 3.63) is 57.4 Å². The van der Waals surface area contributed by atoms with Crippen molar-refractivity contribution in [3.63, 3.8) is 0 Å². The Balaban J connectivity index is 1.74. The molecule has 1 aliphatic heterocycles. The number of anilines is 1. The van der Waals surface area contributed by atoms with Gasteiger partial charge >= 0.3 is 5.97 Å². The van der Waals surface area contributed by atoms with Crippen molar-refractivity contribution < 1.29 is 33.4 Å². The Labute approximate surface area is 208 Å². The van der Waals surface area contributed by atoms with Crippen LogP contribution < -0.4 is 14.8 Å². The zero-order valence-electron chi connectivity index (χ0n) is 18.3. The average Bonchev–Trinajstić information content (AvgIpc) is 3.06. The van der Waals surface area contributed by atoms with Crippen LogP contribution in [0, 0.1) is 0 Å². The fourth-order valence-corrected chi connectivity index (χ4v) is 4.17. The van der Waals surface area contributed by atoms with Crippen molar-refractivity contribution in [3.8, 4) is 11.5 Å². The molecule has 34 heavy (non-hydrogen) atoms. The van der Waals surface area contributed by atoms with Gasteiger partial charge in [0.2, 0.25) is 5.91 Å². The lowest BCUT2D eigenvalue weighted by molar-refractivity contribution is -0.145. The molecule has 0 aromatic heterocycles. The maximum atomic E-state index is 12.9. The van der Waals surface area contributed by atoms with E-state index in [2.05, 4.69) is 21.2 Å². The molecular weight excluding hydrogens is 528 g/mol. The summed E-state index contributed by atoms with van der Waals surface area (Å²) >= 11 is 4.07. The summed E-state index contributed by atoms with van der Waals surface area (Å²) in [5, 5.41) is 2.07. The average molecular weight is 549 g/mol. The molecule has 1 heterocycles. The second kappa shape index (κ2) is 11.7. The van der Waals surface area contributed by atoms with Crippen LogP contribution >= 0.6 is 27.7 Å². The van der Waals surface area contributed by atoms with E-state index in [4.69, 9.17) is 14.2 Å². The zero-order chi connectivity index (χ0) is 24.7. The molecule has 1 aliphatic rings. The number of rotatable bonds is 9. The highest BCUT2D eigenvalue weighted by Crippen LogP contribution is 2.35. The minimum atomic E-state index is -0.610. The number of ether oxygens (including phenoxy) is 3. The molecule has 1 N–H and O–H groups in total. The fraction of sp³-hybridized carbons (Fsp3) is 0.217. The van der Waals surface area contributed by atoms with E-state index in [0.29, 0.717) is 39.0 Å². The second-order valence-electron chi connectivity index (χ2n) is 6.79. The summed E-state index contributed by atoms with van der Waals surface area (Å²) < 4.78 is 16.3. The van der Waals surface area contributed by atoms with Gasteiger partial charge in [0.05, 0.1) is 24.3 Å². The molecule has 2 aromatic rings. The molecule has 0 saturated carbocycles. The number of nitrogens with one attached hydrogen (secondary N) is 1. The van der Waals surface area contributed by atoms with Gasteiger partial charge in [-0.2, -0.15) is 0 Å². The van der Waals surface area contributed by atoms with Crippen molar-refractivity contribution in [1.29, 1.82) is 0 Å². The number of carbonyl (C=O) groups excluding carboxylic acids is 4. The van der Waals surface area contributed by atoms with E-state index in [0.717, 1.165) is 4.90 Å². The number of thioether (sulfide) groups is 1. The Kier molecular flexibility index (Phi) is 8.72. The van der Waals surface area contributed by atoms with E-state index >= 15 is 0 Å². The molecule has 11 heteroatoms. The topological polar surface area (TPSA) is 111 Å². The van der Waals surface area contributed by atoms with E-state index < -0.39 is 29.6 Å². The third kappa shape index (κ3) is 6.39. The molecule has 0 unspecified atom stereocenters. The van der Waals surface area contributed by atoms with Crippen LogP contribution in [0.3, 0.4) is 0 Å². The van der Waals surface area contributed by atoms with E-state index in [-0.39, 0.29) is 18.1 Å². The highest BCUT2D eigenvalue weighted by molar-refractivity contribution is 9.10. The molecular formula is C23H21BrN2O7S. The predicted molar refractivity (Wildman–Crippen MR) is 131 cm³/mol. The van der Waals surface area contributed by atoms with Gasteiger partial charge < -0.3 is 19.5 Å². The fourth-order valence-electron chi connectivity index (χ4n) is 2.96. The first-order chi connectivity index (χ1) is 16.3. The molecule has 1 fully saturated rings. The number of hydrogen-bond acceptors (Lipinski definition) is 8. The summed E-state index contributed by atoms with van der Waals surface area (Å²) in [5.74, 6) is -0.903. The quantitative estimate of drug-likeness (QED) is 0.368. The van der Waals surface area contributed by atoms with E-state index in [9.17, 15) is 19.2 Å². The summed E-state index contributed by atoms with van der Waals surface area (Å²) in [6, 6.07) is 11.8. The Morgan fingerprint density at radius 2 is 1.91 bits per heavy atom. The maximum absolute atomic E-state index is 12.9. The number of benzene rings is 2. The number of halogens is 1. The van der Waals surface area contributed by atoms with Crippen LogP contribution in [0.25, 0.3) is 6.08 Å². The molecule has 178 valence electrons. The summed E-state index contributed by atoms with van der Waals surface area (Å²) in [4.78, 5) is 50.4. The highest BCUT2D eigenvalue weighted by Gasteiger charge is 2.36. The van der Waals surface area contributed by atoms with Crippen LogP contribution in [-0.2, 0) is 19.1 Å². The lowest BCUT2D eigenvalue weighted by Crippen LogP contribution is -2.36. The highest BCUT2D eigenvalue weighted by atomic mass is 79.9. The van der Waals surface area contributed by atoms with Gasteiger partial charge in [-0.1, -0.05) is 28.1 Å². The molecule has 3 rings (SSSR count). The van der Waals surface area contributed by atoms with Crippen LogP contribution in [0.2, 0.25) is 0 Å². The van der Waals surface area contributed by atoms with Crippen LogP contribution in [0.5, 0.6) is 11.5 Å². The predicted octanol–water partition coefficient (Wildman–Crippen LogP) is 4.07. The largest absolute Gasteiger partial charge is 0.495 e. The number of imide groups is 1. The van der Waals surface area contributed by atoms with Gasteiger partial charge in [-0.3, -0.25) is 19.3 Å². The minimum absolute atomic E-state index is 0.120. The Bertz CT molecular complexity index is 1150. The van der Waals surface area contributed by atoms with Gasteiger partial charge in [-0.15, -0.1) is 0 Å². The molecule has 0 spiro atoms. The second-order valence-corrected chi connectivity index (χ2v) is 8.70. The van der Waals surface area contributed by atoms with Crippen LogP contribution in [0.15, 0.2) is 51.8 Å². The number of carbonyl (C=O) groups is 4. The van der Waals surface area contributed by atoms with Crippen molar-refractivity contribution in [1.82, 2.24) is 4.90 Å². The van der Waals surface area contributed by atoms with Crippen molar-refractivity contribution in [2.75, 3.05) is 32.2 Å². The van der Waals surface area contributed by atoms with Gasteiger partial charge in [0.1, 0.15) is 18.0 Å². The zero-order valence-corrected chi connectivity index (χ0v) is 20.7. The third-order valence-electron chi connectivity index (χ3n) is 4.47. The van der Waals surface area contributed by atoms with E-state index in [1.54, 1.807) is 49.4 Å². The summed E-state index contributed by atoms with van der Waals surface area (Å²) in [6.07, 6.45) is 1.48. The minimum Gasteiger partial charge on any atom is -0.495 e. The maximum Gasteiger partial charge on any atom is 0.344 e. The summed E-state index contributed by atoms with van der Waals surface area (Å²) in [6.45, 7) is 1.16. The Morgan fingerprint density at radius 1 is 1.15 bits per heavy atom. The molecule has 0 aliphatic carbocycles. The van der Waals surface area contributed by atoms with Gasteiger partial charge in [0.25, 0.3) is 11.1 Å². The summed E-state index contributed by atoms with van der Waals surface area (Å²) in [7, 11) is 1.47. The first-order valence-electron chi connectivity index (χ1n) is 10.1. The third-order valence-corrected chi connectivity index (χ3v) is 5.87. The van der Waals surface area contributed by atoms with Gasteiger partial charge in [-0.25, -0.2) is 4.79 Å². The standard InChI is InChI=1S/C23H21BrN2O7S/c1-3-32-21(28)13-33-17-9-8-15(24)10-14(17)11-19-22(29)26(23(30)34-19)12-20(27)25-16-6-4-5-7-18(16)31-2/h4-11H,3,12-13H2,1-2H3,(H,25,27)/b19-11+. The van der Waals surface area contributed by atoms with Gasteiger partial charge in [-0.05, 0) is 55.1 Å². The molecule has 0 radical (unpaired) electrons. The lowest BCUT2D eigenvalue weighted by Gasteiger charge is -2.14.